The summed E-state index contributed by atoms with van der Waals surface area (Å²) in [4.78, 5) is 3.49. The predicted molar refractivity (Wildman–Crippen MR) is 48.1 cm³/mol. The molecule has 0 saturated heterocycles. The maximum atomic E-state index is 3.49. The average molecular weight is 145 g/mol. The van der Waals surface area contributed by atoms with E-state index in [1.54, 1.807) is 14.1 Å². The third-order valence-electron chi connectivity index (χ3n) is 0.424. The van der Waals surface area contributed by atoms with E-state index >= 15 is 0 Å². The Bertz CT molecular complexity index is 55.9. The number of hydrogen-bond donors (Lipinski definition) is 0. The highest BCUT2D eigenvalue weighted by Gasteiger charge is 1.43. The first-order chi connectivity index (χ1) is 4.83. The molecule has 0 saturated carbocycles. The lowest BCUT2D eigenvalue weighted by atomic mass is 10.8. The number of aliphatic imine (C=N–C) groups is 1. The molecular weight excluding hydrogens is 126 g/mol. The third-order valence-corrected chi connectivity index (χ3v) is 0.424. The van der Waals surface area contributed by atoms with Crippen LogP contribution in [0.4, 0.5) is 0 Å². The highest BCUT2D eigenvalue weighted by atomic mass is 15.0. The van der Waals surface area contributed by atoms with Gasteiger partial charge in [0.2, 0.25) is 0 Å². The lowest BCUT2D eigenvalue weighted by Crippen LogP contribution is -1.54. The van der Waals surface area contributed by atoms with Crippen molar-refractivity contribution in [1.82, 2.24) is 0 Å². The molecule has 0 aliphatic carbocycles. The van der Waals surface area contributed by atoms with E-state index in [4.69, 9.17) is 0 Å². The monoisotopic (exact) mass is 145 g/mol. The van der Waals surface area contributed by atoms with E-state index in [1.807, 2.05) is 20.8 Å². The van der Waals surface area contributed by atoms with Crippen molar-refractivity contribution >= 4 is 6.72 Å². The van der Waals surface area contributed by atoms with Crippen LogP contribution < -0.4 is 0 Å². The van der Waals surface area contributed by atoms with Gasteiger partial charge in [0, 0.05) is 20.6 Å². The van der Waals surface area contributed by atoms with Crippen molar-refractivity contribution < 1.29 is 0 Å². The van der Waals surface area contributed by atoms with Crippen molar-refractivity contribution in [3.05, 3.63) is 0 Å². The minimum absolute atomic E-state index is 0.833. The molecule has 0 aromatic carbocycles. The first kappa shape index (κ1) is 16.1. The summed E-state index contributed by atoms with van der Waals surface area (Å²) in [6.07, 6.45) is 0. The van der Waals surface area contributed by atoms with Crippen LogP contribution in [0.5, 0.6) is 0 Å². The molecule has 0 aliphatic rings. The first-order valence-corrected chi connectivity index (χ1v) is 3.43. The summed E-state index contributed by atoms with van der Waals surface area (Å²) in [7, 11) is 3.28. The maximum absolute atomic E-state index is 3.49. The summed E-state index contributed by atoms with van der Waals surface area (Å²) in [6.45, 7) is 10.0. The molecule has 0 N–H and O–H groups in total. The van der Waals surface area contributed by atoms with Crippen molar-refractivity contribution in [3.63, 3.8) is 0 Å². The van der Waals surface area contributed by atoms with Crippen molar-refractivity contribution in [2.24, 2.45) is 15.2 Å². The van der Waals surface area contributed by atoms with E-state index in [-0.39, 0.29) is 0 Å². The Labute approximate surface area is 64.3 Å². The molecule has 0 radical (unpaired) electrons. The standard InChI is InChI=1S/C3H7N.C2H6N2.C2H6/c2*1-3-4-2;1-2/h2-3H2,1H3;1-2H3;1-2H3. The lowest BCUT2D eigenvalue weighted by molar-refractivity contribution is 1.11. The summed E-state index contributed by atoms with van der Waals surface area (Å²) in [6, 6.07) is 0. The second kappa shape index (κ2) is 40.9. The van der Waals surface area contributed by atoms with Gasteiger partial charge in [-0.3, -0.25) is 0 Å². The van der Waals surface area contributed by atoms with E-state index in [1.165, 1.54) is 0 Å². The highest BCUT2D eigenvalue weighted by Crippen LogP contribution is 1.50. The second-order valence-corrected chi connectivity index (χ2v) is 0.940. The van der Waals surface area contributed by atoms with Gasteiger partial charge in [0.25, 0.3) is 0 Å². The van der Waals surface area contributed by atoms with Crippen LogP contribution in [-0.4, -0.2) is 27.4 Å². The molecule has 0 aliphatic heterocycles. The Morgan fingerprint density at radius 1 is 1.10 bits per heavy atom. The van der Waals surface area contributed by atoms with Gasteiger partial charge in [-0.2, -0.15) is 10.2 Å². The Kier molecular flexibility index (Phi) is 65.9. The van der Waals surface area contributed by atoms with Gasteiger partial charge >= 0.3 is 0 Å². The highest BCUT2D eigenvalue weighted by molar-refractivity contribution is 5.22. The maximum Gasteiger partial charge on any atom is 0.0487 e. The SMILES string of the molecule is C=NCC.CC.CN=NC. The van der Waals surface area contributed by atoms with Gasteiger partial charge in [-0.1, -0.05) is 13.8 Å². The molecule has 3 nitrogen and oxygen atoms in total. The van der Waals surface area contributed by atoms with Crippen molar-refractivity contribution in [1.29, 1.82) is 0 Å². The van der Waals surface area contributed by atoms with Gasteiger partial charge in [0.1, 0.15) is 0 Å². The molecule has 0 aromatic heterocycles. The quantitative estimate of drug-likeness (QED) is 0.401. The lowest BCUT2D eigenvalue weighted by Gasteiger charge is -1.61. The molecule has 0 fully saturated rings. The minimum Gasteiger partial charge on any atom is -0.301 e. The summed E-state index contributed by atoms with van der Waals surface area (Å²) >= 11 is 0. The van der Waals surface area contributed by atoms with E-state index in [0.717, 1.165) is 6.54 Å². The van der Waals surface area contributed by atoms with Crippen LogP contribution in [0.15, 0.2) is 15.2 Å². The Morgan fingerprint density at radius 2 is 1.30 bits per heavy atom. The van der Waals surface area contributed by atoms with Crippen LogP contribution in [0.1, 0.15) is 20.8 Å². The van der Waals surface area contributed by atoms with Crippen LogP contribution >= 0.6 is 0 Å². The molecule has 0 bridgehead atoms. The van der Waals surface area contributed by atoms with Crippen LogP contribution in [0.3, 0.4) is 0 Å². The predicted octanol–water partition coefficient (Wildman–Crippen LogP) is 2.43. The fourth-order valence-electron chi connectivity index (χ4n) is 0. The largest absolute Gasteiger partial charge is 0.301 e. The van der Waals surface area contributed by atoms with Crippen LogP contribution in [0.2, 0.25) is 0 Å². The Hall–Kier alpha value is -0.730. The summed E-state index contributed by atoms with van der Waals surface area (Å²) in [5.74, 6) is 0. The van der Waals surface area contributed by atoms with E-state index in [0.29, 0.717) is 0 Å². The molecule has 0 atom stereocenters. The average Bonchev–Trinajstić information content (AvgIpc) is 2.08. The summed E-state index contributed by atoms with van der Waals surface area (Å²) < 4.78 is 0. The van der Waals surface area contributed by atoms with Gasteiger partial charge < -0.3 is 4.99 Å². The van der Waals surface area contributed by atoms with Gasteiger partial charge in [0.15, 0.2) is 0 Å². The Morgan fingerprint density at radius 3 is 1.30 bits per heavy atom. The minimum atomic E-state index is 0.833. The topological polar surface area (TPSA) is 37.1 Å². The third kappa shape index (κ3) is 177. The molecule has 0 amide bonds. The molecule has 0 unspecified atom stereocenters. The van der Waals surface area contributed by atoms with Crippen molar-refractivity contribution in [2.45, 2.75) is 20.8 Å². The zero-order valence-electron chi connectivity index (χ0n) is 7.76. The zero-order valence-corrected chi connectivity index (χ0v) is 7.76. The van der Waals surface area contributed by atoms with Gasteiger partial charge in [0.05, 0.1) is 0 Å². The first-order valence-electron chi connectivity index (χ1n) is 3.43. The molecule has 3 heteroatoms. The molecule has 62 valence electrons. The van der Waals surface area contributed by atoms with Gasteiger partial charge in [-0.15, -0.1) is 0 Å². The van der Waals surface area contributed by atoms with E-state index in [9.17, 15) is 0 Å². The summed E-state index contributed by atoms with van der Waals surface area (Å²) in [5, 5.41) is 6.72. The second-order valence-electron chi connectivity index (χ2n) is 0.940. The number of rotatable bonds is 1. The fourth-order valence-corrected chi connectivity index (χ4v) is 0. The zero-order chi connectivity index (χ0) is 8.83. The Balaban J connectivity index is -0.0000000787. The number of hydrogen-bond acceptors (Lipinski definition) is 3. The number of nitrogens with zero attached hydrogens (tertiary/aromatic N) is 3. The molecule has 0 heterocycles. The number of azo groups is 1. The van der Waals surface area contributed by atoms with Crippen LogP contribution in [0.25, 0.3) is 0 Å². The molecule has 0 spiro atoms. The van der Waals surface area contributed by atoms with Gasteiger partial charge in [-0.05, 0) is 13.6 Å². The van der Waals surface area contributed by atoms with Crippen molar-refractivity contribution in [2.75, 3.05) is 20.6 Å². The van der Waals surface area contributed by atoms with E-state index < -0.39 is 0 Å². The van der Waals surface area contributed by atoms with Crippen molar-refractivity contribution in [3.8, 4) is 0 Å². The normalized spacial score (nSPS) is 6.90. The van der Waals surface area contributed by atoms with Gasteiger partial charge in [-0.25, -0.2) is 0 Å². The molecule has 10 heavy (non-hydrogen) atoms. The van der Waals surface area contributed by atoms with E-state index in [2.05, 4.69) is 21.9 Å². The summed E-state index contributed by atoms with van der Waals surface area (Å²) in [5.41, 5.74) is 0. The smallest absolute Gasteiger partial charge is 0.0487 e. The fraction of sp³-hybridized carbons (Fsp3) is 0.857. The molecule has 0 aromatic rings. The molecular formula is C7H19N3. The molecule has 0 rings (SSSR count). The van der Waals surface area contributed by atoms with Crippen LogP contribution in [-0.2, 0) is 0 Å². The van der Waals surface area contributed by atoms with Crippen LogP contribution in [0, 0.1) is 0 Å².